The van der Waals surface area contributed by atoms with E-state index in [0.29, 0.717) is 24.1 Å². The third kappa shape index (κ3) is 7.79. The lowest BCUT2D eigenvalue weighted by atomic mass is 9.93. The minimum Gasteiger partial charge on any atom is -0.330 e. The van der Waals surface area contributed by atoms with Crippen molar-refractivity contribution in [1.29, 1.82) is 0 Å². The lowest BCUT2D eigenvalue weighted by Gasteiger charge is -2.35. The Morgan fingerprint density at radius 1 is 0.848 bits per heavy atom. The van der Waals surface area contributed by atoms with Crippen LogP contribution in [0.25, 0.3) is 0 Å². The van der Waals surface area contributed by atoms with Crippen LogP contribution in [0.2, 0.25) is 0 Å². The molecule has 4 aromatic rings. The quantitative estimate of drug-likeness (QED) is 0.176. The van der Waals surface area contributed by atoms with E-state index in [1.54, 1.807) is 13.2 Å². The number of H-pyrrole nitrogens is 1. The molecule has 8 nitrogen and oxygen atoms in total. The van der Waals surface area contributed by atoms with Gasteiger partial charge in [0.1, 0.15) is 0 Å². The second-order valence-corrected chi connectivity index (χ2v) is 11.0. The molecule has 0 fully saturated rings. The van der Waals surface area contributed by atoms with E-state index in [2.05, 4.69) is 25.6 Å². The molecule has 0 spiro atoms. The summed E-state index contributed by atoms with van der Waals surface area (Å²) in [7, 11) is 3.19. The van der Waals surface area contributed by atoms with Crippen LogP contribution < -0.4 is 4.90 Å². The van der Waals surface area contributed by atoms with Crippen molar-refractivity contribution in [3.8, 4) is 0 Å². The van der Waals surface area contributed by atoms with E-state index >= 15 is 0 Å². The van der Waals surface area contributed by atoms with Gasteiger partial charge in [-0.1, -0.05) is 18.1 Å². The lowest BCUT2D eigenvalue weighted by molar-refractivity contribution is -0.143. The first-order valence-corrected chi connectivity index (χ1v) is 14.0. The Balaban J connectivity index is 1.83. The van der Waals surface area contributed by atoms with Gasteiger partial charge >= 0.3 is 18.5 Å². The van der Waals surface area contributed by atoms with Gasteiger partial charge in [-0.15, -0.1) is 5.10 Å². The first kappa shape index (κ1) is 34.7. The Bertz CT molecular complexity index is 1610. The predicted octanol–water partition coefficient (Wildman–Crippen LogP) is 7.65. The van der Waals surface area contributed by atoms with Gasteiger partial charge in [0.15, 0.2) is 0 Å². The molecule has 250 valence electrons. The van der Waals surface area contributed by atoms with Crippen LogP contribution >= 0.6 is 0 Å². The number of benzene rings is 2. The summed E-state index contributed by atoms with van der Waals surface area (Å²) in [5, 5.41) is 18.6. The molecule has 2 heterocycles. The fraction of sp³-hybridized carbons (Fsp3) is 0.448. The van der Waals surface area contributed by atoms with Crippen molar-refractivity contribution < 1.29 is 39.5 Å². The summed E-state index contributed by atoms with van der Waals surface area (Å²) in [6, 6.07) is 3.64. The van der Waals surface area contributed by atoms with Crippen molar-refractivity contribution >= 4 is 5.95 Å². The van der Waals surface area contributed by atoms with Gasteiger partial charge in [0.2, 0.25) is 0 Å². The van der Waals surface area contributed by atoms with E-state index in [-0.39, 0.29) is 23.6 Å². The van der Waals surface area contributed by atoms with Gasteiger partial charge in [-0.3, -0.25) is 10.00 Å². The monoisotopic (exact) mass is 662 g/mol. The largest absolute Gasteiger partial charge is 0.416 e. The highest BCUT2D eigenvalue weighted by Crippen LogP contribution is 2.39. The Morgan fingerprint density at radius 3 is 1.93 bits per heavy atom. The molecule has 0 aliphatic rings. The molecule has 2 atom stereocenters. The van der Waals surface area contributed by atoms with Crippen LogP contribution in [0, 0.1) is 6.92 Å². The van der Waals surface area contributed by atoms with Crippen molar-refractivity contribution in [2.75, 3.05) is 11.9 Å². The number of halogens is 9. The average molecular weight is 663 g/mol. The van der Waals surface area contributed by atoms with Gasteiger partial charge in [0, 0.05) is 36.9 Å². The molecule has 0 saturated heterocycles. The maximum Gasteiger partial charge on any atom is 0.416 e. The van der Waals surface area contributed by atoms with Crippen molar-refractivity contribution in [2.24, 2.45) is 7.05 Å². The number of rotatable bonds is 10. The molecule has 0 amide bonds. The fourth-order valence-corrected chi connectivity index (χ4v) is 5.39. The van der Waals surface area contributed by atoms with E-state index < -0.39 is 59.9 Å². The zero-order valence-electron chi connectivity index (χ0n) is 25.3. The first-order valence-electron chi connectivity index (χ1n) is 14.0. The molecule has 17 heteroatoms. The van der Waals surface area contributed by atoms with E-state index in [0.717, 1.165) is 28.2 Å². The number of hydrogen-bond acceptors (Lipinski definition) is 6. The summed E-state index contributed by atoms with van der Waals surface area (Å²) in [6.45, 7) is 4.56. The Kier molecular flexibility index (Phi) is 9.75. The Hall–Kier alpha value is -4.15. The number of aryl methyl sites for hydroxylation is 2. The van der Waals surface area contributed by atoms with E-state index in [4.69, 9.17) is 0 Å². The van der Waals surface area contributed by atoms with Gasteiger partial charge in [-0.05, 0) is 79.6 Å². The second kappa shape index (κ2) is 12.9. The second-order valence-electron chi connectivity index (χ2n) is 11.0. The van der Waals surface area contributed by atoms with Crippen molar-refractivity contribution in [3.05, 3.63) is 87.2 Å². The molecule has 0 radical (unpaired) electrons. The first-order chi connectivity index (χ1) is 21.3. The molecule has 0 bridgehead atoms. The molecule has 1 N–H and O–H groups in total. The number of anilines is 1. The van der Waals surface area contributed by atoms with Crippen molar-refractivity contribution in [3.63, 3.8) is 0 Å². The number of aromatic amines is 1. The number of hydrogen-bond donors (Lipinski definition) is 1. The topological polar surface area (TPSA) is 78.8 Å². The SMILES string of the molecule is CCC(c1ccc(C(F)(F)F)cc1CN(Cc1cc(C(F)(F)F)cc(C(F)(F)F)c1)c1nnn(C)n1)N(C)C(C)c1c[nH]nc1C. The molecule has 2 unspecified atom stereocenters. The molecule has 46 heavy (non-hydrogen) atoms. The summed E-state index contributed by atoms with van der Waals surface area (Å²) in [4.78, 5) is 4.16. The predicted molar refractivity (Wildman–Crippen MR) is 149 cm³/mol. The van der Waals surface area contributed by atoms with E-state index in [1.807, 2.05) is 25.7 Å². The standard InChI is InChI=1S/C29H31F9N8/c1-6-25(44(4)17(3)24-13-39-40-16(24)2)23-8-7-20(27(30,31)32)11-19(23)15-46(26-41-43-45(5)42-26)14-18-9-21(28(33,34)35)12-22(10-18)29(36,37)38/h7-13,17,25H,6,14-15H2,1-5H3,(H,39,40). The van der Waals surface area contributed by atoms with Crippen LogP contribution in [-0.4, -0.2) is 42.4 Å². The molecule has 0 aliphatic carbocycles. The molecule has 0 saturated carbocycles. The Labute approximate surface area is 258 Å². The van der Waals surface area contributed by atoms with Gasteiger partial charge in [0.05, 0.1) is 29.4 Å². The van der Waals surface area contributed by atoms with Crippen LogP contribution in [0.5, 0.6) is 0 Å². The zero-order valence-corrected chi connectivity index (χ0v) is 25.3. The number of aromatic nitrogens is 6. The van der Waals surface area contributed by atoms with Gasteiger partial charge in [0.25, 0.3) is 5.95 Å². The van der Waals surface area contributed by atoms with Crippen LogP contribution in [0.4, 0.5) is 45.5 Å². The molecule has 2 aromatic carbocycles. The summed E-state index contributed by atoms with van der Waals surface area (Å²) < 4.78 is 124. The lowest BCUT2D eigenvalue weighted by Crippen LogP contribution is -2.30. The van der Waals surface area contributed by atoms with Crippen molar-refractivity contribution in [1.82, 2.24) is 35.3 Å². The molecule has 0 aliphatic heterocycles. The van der Waals surface area contributed by atoms with Gasteiger partial charge < -0.3 is 4.90 Å². The zero-order chi connectivity index (χ0) is 34.2. The van der Waals surface area contributed by atoms with Crippen LogP contribution in [-0.2, 0) is 38.7 Å². The highest BCUT2D eigenvalue weighted by molar-refractivity contribution is 5.42. The maximum atomic E-state index is 13.9. The minimum atomic E-state index is -5.09. The van der Waals surface area contributed by atoms with Crippen LogP contribution in [0.15, 0.2) is 42.6 Å². The third-order valence-electron chi connectivity index (χ3n) is 7.80. The highest BCUT2D eigenvalue weighted by Gasteiger charge is 2.38. The summed E-state index contributed by atoms with van der Waals surface area (Å²) >= 11 is 0. The highest BCUT2D eigenvalue weighted by atomic mass is 19.4. The number of nitrogens with one attached hydrogen (secondary N) is 1. The van der Waals surface area contributed by atoms with Gasteiger partial charge in [-0.25, -0.2) is 0 Å². The summed E-state index contributed by atoms with van der Waals surface area (Å²) in [5.74, 6) is -0.208. The van der Waals surface area contributed by atoms with Crippen LogP contribution in [0.3, 0.4) is 0 Å². The molecule has 2 aromatic heterocycles. The number of tetrazole rings is 1. The third-order valence-corrected chi connectivity index (χ3v) is 7.80. The van der Waals surface area contributed by atoms with E-state index in [9.17, 15) is 39.5 Å². The fourth-order valence-electron chi connectivity index (χ4n) is 5.39. The minimum absolute atomic E-state index is 0.00387. The normalized spacial score (nSPS) is 14.2. The van der Waals surface area contributed by atoms with Crippen LogP contribution in [0.1, 0.15) is 77.0 Å². The maximum absolute atomic E-state index is 13.9. The number of nitrogens with zero attached hydrogens (tertiary/aromatic N) is 7. The van der Waals surface area contributed by atoms with E-state index in [1.165, 1.54) is 18.0 Å². The average Bonchev–Trinajstić information content (AvgIpc) is 3.59. The van der Waals surface area contributed by atoms with Crippen molar-refractivity contribution in [2.45, 2.75) is 70.9 Å². The molecular formula is C29H31F9N8. The smallest absolute Gasteiger partial charge is 0.330 e. The Morgan fingerprint density at radius 2 is 1.46 bits per heavy atom. The molecular weight excluding hydrogens is 631 g/mol. The molecule has 4 rings (SSSR count). The number of alkyl halides is 9. The van der Waals surface area contributed by atoms with Gasteiger partial charge in [-0.2, -0.15) is 49.4 Å². The summed E-state index contributed by atoms with van der Waals surface area (Å²) in [6.07, 6.45) is -12.8. The summed E-state index contributed by atoms with van der Waals surface area (Å²) in [5.41, 5.74) is -2.24.